The van der Waals surface area contributed by atoms with E-state index in [1.165, 1.54) is 0 Å². The topological polar surface area (TPSA) is 49.4 Å². The first kappa shape index (κ1) is 10.6. The number of furan rings is 1. The fourth-order valence-electron chi connectivity index (χ4n) is 1.20. The van der Waals surface area contributed by atoms with Crippen molar-refractivity contribution in [3.63, 3.8) is 0 Å². The van der Waals surface area contributed by atoms with Crippen molar-refractivity contribution in [1.82, 2.24) is 0 Å². The van der Waals surface area contributed by atoms with Crippen LogP contribution in [0.4, 0.5) is 5.69 Å². The van der Waals surface area contributed by atoms with Crippen molar-refractivity contribution in [3.05, 3.63) is 52.9 Å². The third-order valence-electron chi connectivity index (χ3n) is 1.97. The molecule has 0 radical (unpaired) electrons. The first-order valence-electron chi connectivity index (χ1n) is 4.68. The number of nitrogens with zero attached hydrogens (tertiary/aromatic N) is 1. The van der Waals surface area contributed by atoms with Gasteiger partial charge in [0.25, 0.3) is 0 Å². The van der Waals surface area contributed by atoms with Crippen LogP contribution in [0.15, 0.2) is 45.8 Å². The maximum absolute atomic E-state index is 7.00. The highest BCUT2D eigenvalue weighted by Crippen LogP contribution is 2.23. The van der Waals surface area contributed by atoms with Gasteiger partial charge in [-0.15, -0.1) is 0 Å². The molecule has 0 aliphatic heterocycles. The van der Waals surface area contributed by atoms with Gasteiger partial charge in [-0.1, -0.05) is 23.7 Å². The lowest BCUT2D eigenvalue weighted by atomic mass is 10.3. The van der Waals surface area contributed by atoms with Gasteiger partial charge in [-0.2, -0.15) is 0 Å². The third-order valence-corrected chi connectivity index (χ3v) is 2.29. The summed E-state index contributed by atoms with van der Waals surface area (Å²) in [5, 5.41) is 7.60. The van der Waals surface area contributed by atoms with Gasteiger partial charge in [0.05, 0.1) is 23.1 Å². The van der Waals surface area contributed by atoms with Crippen molar-refractivity contribution in [2.24, 2.45) is 4.99 Å². The Balaban J connectivity index is 2.21. The average Bonchev–Trinajstić information content (AvgIpc) is 2.76. The van der Waals surface area contributed by atoms with Crippen LogP contribution in [-0.4, -0.2) is 12.4 Å². The molecule has 0 spiro atoms. The lowest BCUT2D eigenvalue weighted by Gasteiger charge is -1.94. The van der Waals surface area contributed by atoms with Gasteiger partial charge >= 0.3 is 0 Å². The first-order valence-corrected chi connectivity index (χ1v) is 5.06. The van der Waals surface area contributed by atoms with E-state index in [0.29, 0.717) is 22.2 Å². The van der Waals surface area contributed by atoms with Crippen LogP contribution in [-0.2, 0) is 0 Å². The highest BCUT2D eigenvalue weighted by molar-refractivity contribution is 6.33. The van der Waals surface area contributed by atoms with Gasteiger partial charge in [0, 0.05) is 0 Å². The van der Waals surface area contributed by atoms with Crippen LogP contribution in [0.25, 0.3) is 0 Å². The van der Waals surface area contributed by atoms with Crippen molar-refractivity contribution in [2.75, 3.05) is 0 Å². The first-order chi connectivity index (χ1) is 7.79. The molecule has 0 aliphatic rings. The van der Waals surface area contributed by atoms with Gasteiger partial charge in [-0.25, -0.2) is 0 Å². The van der Waals surface area contributed by atoms with Gasteiger partial charge in [0.15, 0.2) is 0 Å². The number of para-hydroxylation sites is 1. The smallest absolute Gasteiger partial charge is 0.145 e. The normalized spacial score (nSPS) is 10.8. The standard InChI is InChI=1S/C12H9ClN2O/c13-11-3-1-2-4-12(11)15-8-10-6-5-9(7-14)16-10/h1-8,14H. The van der Waals surface area contributed by atoms with Gasteiger partial charge in [0.1, 0.15) is 11.5 Å². The summed E-state index contributed by atoms with van der Waals surface area (Å²) in [4.78, 5) is 4.20. The maximum atomic E-state index is 7.00. The quantitative estimate of drug-likeness (QED) is 0.807. The minimum Gasteiger partial charge on any atom is -0.454 e. The summed E-state index contributed by atoms with van der Waals surface area (Å²) in [5.74, 6) is 1.10. The predicted octanol–water partition coefficient (Wildman–Crippen LogP) is 3.68. The van der Waals surface area contributed by atoms with Gasteiger partial charge in [-0.05, 0) is 24.3 Å². The van der Waals surface area contributed by atoms with Crippen molar-refractivity contribution < 1.29 is 4.42 Å². The fourth-order valence-corrected chi connectivity index (χ4v) is 1.39. The number of halogens is 1. The van der Waals surface area contributed by atoms with Crippen LogP contribution in [0.1, 0.15) is 11.5 Å². The van der Waals surface area contributed by atoms with Crippen LogP contribution in [0.3, 0.4) is 0 Å². The second-order valence-corrected chi connectivity index (χ2v) is 3.50. The van der Waals surface area contributed by atoms with Crippen LogP contribution in [0.2, 0.25) is 5.02 Å². The predicted molar refractivity (Wildman–Crippen MR) is 65.3 cm³/mol. The number of rotatable bonds is 3. The lowest BCUT2D eigenvalue weighted by molar-refractivity contribution is 0.553. The Kier molecular flexibility index (Phi) is 3.17. The van der Waals surface area contributed by atoms with Crippen LogP contribution < -0.4 is 0 Å². The van der Waals surface area contributed by atoms with Crippen molar-refractivity contribution >= 4 is 29.7 Å². The van der Waals surface area contributed by atoms with Crippen molar-refractivity contribution in [3.8, 4) is 0 Å². The van der Waals surface area contributed by atoms with E-state index in [1.54, 1.807) is 24.4 Å². The zero-order valence-corrected chi connectivity index (χ0v) is 9.11. The minimum atomic E-state index is 0.501. The molecule has 0 bridgehead atoms. The molecule has 1 aromatic carbocycles. The molecule has 1 heterocycles. The third kappa shape index (κ3) is 2.38. The van der Waals surface area contributed by atoms with Gasteiger partial charge in [0.2, 0.25) is 0 Å². The van der Waals surface area contributed by atoms with Crippen molar-refractivity contribution in [2.45, 2.75) is 0 Å². The molecule has 16 heavy (non-hydrogen) atoms. The summed E-state index contributed by atoms with van der Waals surface area (Å²) in [6, 6.07) is 10.8. The molecule has 0 aliphatic carbocycles. The van der Waals surface area contributed by atoms with Crippen molar-refractivity contribution in [1.29, 1.82) is 5.41 Å². The lowest BCUT2D eigenvalue weighted by Crippen LogP contribution is -1.75. The molecule has 0 atom stereocenters. The molecule has 0 amide bonds. The highest BCUT2D eigenvalue weighted by Gasteiger charge is 1.97. The summed E-state index contributed by atoms with van der Waals surface area (Å²) in [6.45, 7) is 0. The Morgan fingerprint density at radius 1 is 1.12 bits per heavy atom. The van der Waals surface area contributed by atoms with E-state index >= 15 is 0 Å². The summed E-state index contributed by atoms with van der Waals surface area (Å²) in [7, 11) is 0. The van der Waals surface area contributed by atoms with E-state index in [-0.39, 0.29) is 0 Å². The second kappa shape index (κ2) is 4.77. The number of hydrogen-bond donors (Lipinski definition) is 1. The zero-order valence-electron chi connectivity index (χ0n) is 8.35. The van der Waals surface area contributed by atoms with E-state index in [2.05, 4.69) is 4.99 Å². The molecule has 0 fully saturated rings. The van der Waals surface area contributed by atoms with E-state index in [1.807, 2.05) is 18.2 Å². The molecule has 0 saturated carbocycles. The summed E-state index contributed by atoms with van der Waals surface area (Å²) in [5.41, 5.74) is 0.692. The Morgan fingerprint density at radius 3 is 2.56 bits per heavy atom. The van der Waals surface area contributed by atoms with E-state index < -0.39 is 0 Å². The summed E-state index contributed by atoms with van der Waals surface area (Å²) >= 11 is 5.94. The molecule has 0 unspecified atom stereocenters. The molecule has 80 valence electrons. The molecule has 1 aromatic heterocycles. The average molecular weight is 233 g/mol. The van der Waals surface area contributed by atoms with E-state index in [0.717, 1.165) is 6.21 Å². The Morgan fingerprint density at radius 2 is 1.88 bits per heavy atom. The molecular formula is C12H9ClN2O. The summed E-state index contributed by atoms with van der Waals surface area (Å²) in [6.07, 6.45) is 2.72. The zero-order chi connectivity index (χ0) is 11.4. The molecule has 4 heteroatoms. The number of hydrogen-bond acceptors (Lipinski definition) is 3. The van der Waals surface area contributed by atoms with E-state index in [9.17, 15) is 0 Å². The van der Waals surface area contributed by atoms with Gasteiger partial charge in [-0.3, -0.25) is 4.99 Å². The monoisotopic (exact) mass is 232 g/mol. The molecule has 2 rings (SSSR count). The molecule has 0 saturated heterocycles. The molecular weight excluding hydrogens is 224 g/mol. The van der Waals surface area contributed by atoms with Crippen LogP contribution in [0.5, 0.6) is 0 Å². The van der Waals surface area contributed by atoms with Crippen LogP contribution in [0, 0.1) is 5.41 Å². The fraction of sp³-hybridized carbons (Fsp3) is 0. The highest BCUT2D eigenvalue weighted by atomic mass is 35.5. The van der Waals surface area contributed by atoms with Gasteiger partial charge < -0.3 is 9.83 Å². The summed E-state index contributed by atoms with van der Waals surface area (Å²) < 4.78 is 5.26. The van der Waals surface area contributed by atoms with Crippen LogP contribution >= 0.6 is 11.6 Å². The molecule has 3 nitrogen and oxygen atoms in total. The number of benzene rings is 1. The number of nitrogens with one attached hydrogen (secondary N) is 1. The second-order valence-electron chi connectivity index (χ2n) is 3.09. The largest absolute Gasteiger partial charge is 0.454 e. The molecule has 1 N–H and O–H groups in total. The Hall–Kier alpha value is -1.87. The maximum Gasteiger partial charge on any atom is 0.145 e. The Bertz CT molecular complexity index is 531. The van der Waals surface area contributed by atoms with E-state index in [4.69, 9.17) is 21.4 Å². The molecule has 2 aromatic rings. The Labute approximate surface area is 97.9 Å². The number of aliphatic imine (C=N–C) groups is 1. The SMILES string of the molecule is N=Cc1ccc(C=Nc2ccccc2Cl)o1. The minimum absolute atomic E-state index is 0.501.